The quantitative estimate of drug-likeness (QED) is 0.818. The van der Waals surface area contributed by atoms with Crippen LogP contribution in [0.25, 0.3) is 0 Å². The van der Waals surface area contributed by atoms with Crippen molar-refractivity contribution in [3.63, 3.8) is 0 Å². The van der Waals surface area contributed by atoms with Crippen LogP contribution in [0.4, 0.5) is 4.39 Å². The molecule has 2 heterocycles. The van der Waals surface area contributed by atoms with Crippen molar-refractivity contribution >= 4 is 29.5 Å². The van der Waals surface area contributed by atoms with Crippen LogP contribution in [-0.2, 0) is 20.8 Å². The van der Waals surface area contributed by atoms with Crippen LogP contribution in [0.15, 0.2) is 24.3 Å². The molecular weight excluding hydrogens is 359 g/mol. The average Bonchev–Trinajstić information content (AvgIpc) is 3.00. The van der Waals surface area contributed by atoms with E-state index in [1.807, 2.05) is 6.92 Å². The minimum absolute atomic E-state index is 0.114. The van der Waals surface area contributed by atoms with Crippen molar-refractivity contribution in [2.75, 3.05) is 18.8 Å². The van der Waals surface area contributed by atoms with E-state index < -0.39 is 23.2 Å². The third kappa shape index (κ3) is 3.85. The molecule has 3 rings (SSSR count). The highest BCUT2D eigenvalue weighted by molar-refractivity contribution is 8.00. The lowest BCUT2D eigenvalue weighted by molar-refractivity contribution is -0.142. The van der Waals surface area contributed by atoms with E-state index in [1.54, 1.807) is 18.2 Å². The Morgan fingerprint density at radius 2 is 2.08 bits per heavy atom. The van der Waals surface area contributed by atoms with Gasteiger partial charge in [-0.3, -0.25) is 14.4 Å². The number of carboxylic acid groups (broad SMARTS) is 1. The van der Waals surface area contributed by atoms with Crippen molar-refractivity contribution in [1.29, 1.82) is 0 Å². The van der Waals surface area contributed by atoms with Crippen molar-refractivity contribution in [2.45, 2.75) is 24.6 Å². The van der Waals surface area contributed by atoms with Crippen LogP contribution in [0.1, 0.15) is 12.5 Å². The van der Waals surface area contributed by atoms with Gasteiger partial charge < -0.3 is 15.3 Å². The Labute approximate surface area is 155 Å². The molecule has 6 nitrogen and oxygen atoms in total. The lowest BCUT2D eigenvalue weighted by Crippen LogP contribution is -2.55. The fourth-order valence-electron chi connectivity index (χ4n) is 3.43. The summed E-state index contributed by atoms with van der Waals surface area (Å²) in [7, 11) is 0. The Kier molecular flexibility index (Phi) is 5.50. The highest BCUT2D eigenvalue weighted by atomic mass is 32.2. The first-order valence-electron chi connectivity index (χ1n) is 8.53. The van der Waals surface area contributed by atoms with Gasteiger partial charge in [0.2, 0.25) is 11.8 Å². The van der Waals surface area contributed by atoms with Crippen LogP contribution in [-0.4, -0.2) is 57.9 Å². The van der Waals surface area contributed by atoms with Gasteiger partial charge in [0.25, 0.3) is 0 Å². The first-order valence-corrected chi connectivity index (χ1v) is 9.58. The number of thioether (sulfide) groups is 1. The van der Waals surface area contributed by atoms with Crippen LogP contribution >= 0.6 is 11.8 Å². The number of benzene rings is 1. The molecule has 2 saturated heterocycles. The molecule has 0 saturated carbocycles. The number of carbonyl (C=O) groups is 3. The summed E-state index contributed by atoms with van der Waals surface area (Å²) in [5, 5.41) is 11.5. The number of nitrogens with one attached hydrogen (secondary N) is 1. The van der Waals surface area contributed by atoms with Crippen molar-refractivity contribution in [3.8, 4) is 0 Å². The zero-order valence-electron chi connectivity index (χ0n) is 14.4. The average molecular weight is 380 g/mol. The zero-order chi connectivity index (χ0) is 18.8. The van der Waals surface area contributed by atoms with Crippen molar-refractivity contribution in [2.24, 2.45) is 11.8 Å². The van der Waals surface area contributed by atoms with E-state index in [1.165, 1.54) is 22.7 Å². The second kappa shape index (κ2) is 7.65. The molecule has 2 aliphatic rings. The van der Waals surface area contributed by atoms with E-state index in [0.29, 0.717) is 17.9 Å². The summed E-state index contributed by atoms with van der Waals surface area (Å²) < 4.78 is 13.8. The van der Waals surface area contributed by atoms with Crippen molar-refractivity contribution in [1.82, 2.24) is 10.2 Å². The molecule has 2 fully saturated rings. The molecule has 1 aromatic rings. The molecule has 2 amide bonds. The number of amides is 2. The van der Waals surface area contributed by atoms with E-state index >= 15 is 0 Å². The third-order valence-electron chi connectivity index (χ3n) is 4.98. The molecule has 8 heteroatoms. The molecule has 4 atom stereocenters. The molecule has 0 spiro atoms. The normalized spacial score (nSPS) is 28.7. The lowest BCUT2D eigenvalue weighted by Gasteiger charge is -2.30. The summed E-state index contributed by atoms with van der Waals surface area (Å²) in [6.45, 7) is 2.36. The predicted molar refractivity (Wildman–Crippen MR) is 95.2 cm³/mol. The van der Waals surface area contributed by atoms with E-state index in [2.05, 4.69) is 5.32 Å². The molecule has 2 N–H and O–H groups in total. The lowest BCUT2D eigenvalue weighted by atomic mass is 9.99. The van der Waals surface area contributed by atoms with E-state index in [9.17, 15) is 23.9 Å². The van der Waals surface area contributed by atoms with Crippen molar-refractivity contribution < 1.29 is 23.9 Å². The number of aliphatic carboxylic acids is 1. The standard InChI is InChI=1S/C18H21FN2O4S/c1-10-7-21(8-12(10)18(24)25)17(23)14-9-26-15(16(22)20-14)6-11-4-2-3-5-13(11)19/h2-5,10,12,14-15H,6-9H2,1H3,(H,20,22)(H,24,25)/t10-,12-,14?,15?/m1/s1. The van der Waals surface area contributed by atoms with Gasteiger partial charge in [0.1, 0.15) is 11.9 Å². The molecule has 1 aromatic carbocycles. The number of halogens is 1. The van der Waals surface area contributed by atoms with Crippen LogP contribution in [0, 0.1) is 17.7 Å². The van der Waals surface area contributed by atoms with Gasteiger partial charge in [0.15, 0.2) is 0 Å². The number of carboxylic acids is 1. The smallest absolute Gasteiger partial charge is 0.308 e. The molecule has 0 aliphatic carbocycles. The van der Waals surface area contributed by atoms with Gasteiger partial charge in [-0.2, -0.15) is 0 Å². The van der Waals surface area contributed by atoms with Crippen molar-refractivity contribution in [3.05, 3.63) is 35.6 Å². The predicted octanol–water partition coefficient (Wildman–Crippen LogP) is 1.15. The van der Waals surface area contributed by atoms with Gasteiger partial charge in [-0.25, -0.2) is 4.39 Å². The fourth-order valence-corrected chi connectivity index (χ4v) is 4.60. The Hall–Kier alpha value is -2.09. The maximum atomic E-state index is 13.8. The fraction of sp³-hybridized carbons (Fsp3) is 0.500. The summed E-state index contributed by atoms with van der Waals surface area (Å²) >= 11 is 1.34. The number of hydrogen-bond acceptors (Lipinski definition) is 4. The van der Waals surface area contributed by atoms with Gasteiger partial charge in [-0.1, -0.05) is 25.1 Å². The number of hydrogen-bond donors (Lipinski definition) is 2. The van der Waals surface area contributed by atoms with E-state index in [4.69, 9.17) is 0 Å². The van der Waals surface area contributed by atoms with E-state index in [-0.39, 0.29) is 36.5 Å². The zero-order valence-corrected chi connectivity index (χ0v) is 15.2. The van der Waals surface area contributed by atoms with Gasteiger partial charge in [0.05, 0.1) is 11.2 Å². The summed E-state index contributed by atoms with van der Waals surface area (Å²) in [5.74, 6) is -2.07. The van der Waals surface area contributed by atoms with Crippen LogP contribution in [0.2, 0.25) is 0 Å². The maximum Gasteiger partial charge on any atom is 0.308 e. The number of carbonyl (C=O) groups excluding carboxylic acids is 2. The molecule has 2 aliphatic heterocycles. The Bertz CT molecular complexity index is 729. The van der Waals surface area contributed by atoms with Crippen LogP contribution < -0.4 is 5.32 Å². The Morgan fingerprint density at radius 3 is 2.69 bits per heavy atom. The van der Waals surface area contributed by atoms with Gasteiger partial charge in [0, 0.05) is 18.8 Å². The highest BCUT2D eigenvalue weighted by Crippen LogP contribution is 2.27. The van der Waals surface area contributed by atoms with Gasteiger partial charge >= 0.3 is 5.97 Å². The SMILES string of the molecule is C[C@@H]1CN(C(=O)C2CSC(Cc3ccccc3F)C(=O)N2)C[C@H]1C(=O)O. The minimum Gasteiger partial charge on any atom is -0.481 e. The molecule has 140 valence electrons. The summed E-state index contributed by atoms with van der Waals surface area (Å²) in [6.07, 6.45) is 0.270. The monoisotopic (exact) mass is 380 g/mol. The summed E-state index contributed by atoms with van der Waals surface area (Å²) in [5.41, 5.74) is 0.475. The molecule has 2 unspecified atom stereocenters. The maximum absolute atomic E-state index is 13.8. The summed E-state index contributed by atoms with van der Waals surface area (Å²) in [6, 6.07) is 5.68. The number of rotatable bonds is 4. The first-order chi connectivity index (χ1) is 12.4. The molecule has 0 radical (unpaired) electrons. The largest absolute Gasteiger partial charge is 0.481 e. The highest BCUT2D eigenvalue weighted by Gasteiger charge is 2.41. The second-order valence-corrected chi connectivity index (χ2v) is 8.08. The second-order valence-electron chi connectivity index (χ2n) is 6.84. The van der Waals surface area contributed by atoms with Gasteiger partial charge in [-0.15, -0.1) is 11.8 Å². The molecule has 0 bridgehead atoms. The van der Waals surface area contributed by atoms with E-state index in [0.717, 1.165) is 0 Å². The summed E-state index contributed by atoms with van der Waals surface area (Å²) in [4.78, 5) is 37.7. The topological polar surface area (TPSA) is 86.7 Å². The van der Waals surface area contributed by atoms with Crippen LogP contribution in [0.3, 0.4) is 0 Å². The molecule has 0 aromatic heterocycles. The molecule has 26 heavy (non-hydrogen) atoms. The minimum atomic E-state index is -0.903. The number of nitrogens with zero attached hydrogens (tertiary/aromatic N) is 1. The third-order valence-corrected chi connectivity index (χ3v) is 6.28. The Balaban J connectivity index is 1.58. The Morgan fingerprint density at radius 1 is 1.35 bits per heavy atom. The molecular formula is C18H21FN2O4S. The number of likely N-dealkylation sites (tertiary alicyclic amines) is 1. The first kappa shape index (κ1) is 18.7. The van der Waals surface area contributed by atoms with Crippen LogP contribution in [0.5, 0.6) is 0 Å². The van der Waals surface area contributed by atoms with Gasteiger partial charge in [-0.05, 0) is 24.0 Å².